The minimum absolute atomic E-state index is 0.0282. The minimum Gasteiger partial charge on any atom is -0.368 e. The second kappa shape index (κ2) is 6.25. The average Bonchev–Trinajstić information content (AvgIpc) is 2.74. The molecule has 4 heteroatoms. The predicted molar refractivity (Wildman–Crippen MR) is 85.5 cm³/mol. The molecule has 1 aromatic rings. The smallest absolute Gasteiger partial charge is 0.107 e. The highest BCUT2D eigenvalue weighted by molar-refractivity contribution is 9.10. The van der Waals surface area contributed by atoms with Crippen LogP contribution in [0.3, 0.4) is 0 Å². The molecule has 2 atom stereocenters. The molecule has 0 saturated heterocycles. The molecule has 1 heterocycles. The van der Waals surface area contributed by atoms with E-state index in [4.69, 9.17) is 10.5 Å². The molecule has 19 heavy (non-hydrogen) atoms. The Bertz CT molecular complexity index is 406. The van der Waals surface area contributed by atoms with Crippen molar-refractivity contribution in [2.45, 2.75) is 64.7 Å². The van der Waals surface area contributed by atoms with Gasteiger partial charge in [-0.05, 0) is 60.0 Å². The summed E-state index contributed by atoms with van der Waals surface area (Å²) < 4.78 is 7.43. The van der Waals surface area contributed by atoms with Gasteiger partial charge in [-0.1, -0.05) is 13.8 Å². The van der Waals surface area contributed by atoms with Crippen molar-refractivity contribution in [2.75, 3.05) is 0 Å². The van der Waals surface area contributed by atoms with Crippen molar-refractivity contribution < 1.29 is 4.74 Å². The van der Waals surface area contributed by atoms with Crippen molar-refractivity contribution in [1.29, 1.82) is 0 Å². The zero-order chi connectivity index (χ0) is 14.0. The van der Waals surface area contributed by atoms with Gasteiger partial charge >= 0.3 is 0 Å². The van der Waals surface area contributed by atoms with Gasteiger partial charge in [0.15, 0.2) is 0 Å². The van der Waals surface area contributed by atoms with E-state index in [1.807, 2.05) is 6.92 Å². The van der Waals surface area contributed by atoms with E-state index >= 15 is 0 Å². The number of ether oxygens (including phenoxy) is 1. The monoisotopic (exact) mass is 345 g/mol. The maximum absolute atomic E-state index is 6.31. The van der Waals surface area contributed by atoms with Gasteiger partial charge in [0, 0.05) is 20.8 Å². The van der Waals surface area contributed by atoms with Crippen LogP contribution in [-0.4, -0.2) is 12.1 Å². The van der Waals surface area contributed by atoms with Crippen molar-refractivity contribution in [3.63, 3.8) is 0 Å². The molecular formula is C15H24BrNOS. The second-order valence-corrected chi connectivity index (χ2v) is 8.31. The number of hydrogen-bond acceptors (Lipinski definition) is 3. The highest BCUT2D eigenvalue weighted by Gasteiger charge is 2.30. The molecule has 1 aromatic heterocycles. The van der Waals surface area contributed by atoms with Crippen LogP contribution in [0, 0.1) is 5.41 Å². The largest absolute Gasteiger partial charge is 0.368 e. The van der Waals surface area contributed by atoms with Crippen LogP contribution in [0.1, 0.15) is 57.4 Å². The van der Waals surface area contributed by atoms with Crippen LogP contribution in [0.4, 0.5) is 0 Å². The molecular weight excluding hydrogens is 322 g/mol. The summed E-state index contributed by atoms with van der Waals surface area (Å²) in [6.45, 7) is 6.73. The summed E-state index contributed by atoms with van der Waals surface area (Å²) in [4.78, 5) is 1.23. The lowest BCUT2D eigenvalue weighted by atomic mass is 9.76. The lowest BCUT2D eigenvalue weighted by molar-refractivity contribution is -0.0534. The first kappa shape index (κ1) is 15.5. The summed E-state index contributed by atoms with van der Waals surface area (Å²) >= 11 is 5.23. The quantitative estimate of drug-likeness (QED) is 0.843. The first-order chi connectivity index (χ1) is 8.87. The highest BCUT2D eigenvalue weighted by atomic mass is 79.9. The molecule has 108 valence electrons. The van der Waals surface area contributed by atoms with Gasteiger partial charge in [-0.15, -0.1) is 11.3 Å². The Hall–Kier alpha value is 0.1000. The molecule has 1 saturated carbocycles. The van der Waals surface area contributed by atoms with Crippen LogP contribution in [0.5, 0.6) is 0 Å². The minimum atomic E-state index is 0.0282. The van der Waals surface area contributed by atoms with Crippen LogP contribution in [-0.2, 0) is 4.74 Å². The van der Waals surface area contributed by atoms with Gasteiger partial charge in [0.05, 0.1) is 6.10 Å². The Morgan fingerprint density at radius 1 is 1.42 bits per heavy atom. The third-order valence-corrected chi connectivity index (χ3v) is 5.73. The summed E-state index contributed by atoms with van der Waals surface area (Å²) in [7, 11) is 0. The standard InChI is InChI=1S/C15H24BrNOS/c1-10(17)14(13-8-11(16)9-19-13)18-12-4-6-15(2,3)7-5-12/h8-10,12,14H,4-7,17H2,1-3H3. The molecule has 0 spiro atoms. The van der Waals surface area contributed by atoms with E-state index in [2.05, 4.69) is 41.2 Å². The van der Waals surface area contributed by atoms with E-state index in [1.165, 1.54) is 17.7 Å². The first-order valence-electron chi connectivity index (χ1n) is 7.02. The molecule has 0 radical (unpaired) electrons. The third-order valence-electron chi connectivity index (χ3n) is 3.97. The molecule has 2 nitrogen and oxygen atoms in total. The van der Waals surface area contributed by atoms with E-state index in [9.17, 15) is 0 Å². The molecule has 0 amide bonds. The fraction of sp³-hybridized carbons (Fsp3) is 0.733. The van der Waals surface area contributed by atoms with Gasteiger partial charge in [0.25, 0.3) is 0 Å². The topological polar surface area (TPSA) is 35.2 Å². The third kappa shape index (κ3) is 4.28. The molecule has 1 aliphatic rings. The van der Waals surface area contributed by atoms with Crippen molar-refractivity contribution >= 4 is 27.3 Å². The molecule has 0 bridgehead atoms. The normalized spacial score (nSPS) is 23.2. The lowest BCUT2D eigenvalue weighted by Crippen LogP contribution is -2.33. The number of halogens is 1. The highest BCUT2D eigenvalue weighted by Crippen LogP contribution is 2.39. The maximum Gasteiger partial charge on any atom is 0.107 e. The van der Waals surface area contributed by atoms with Gasteiger partial charge in [0.1, 0.15) is 6.10 Å². The summed E-state index contributed by atoms with van der Waals surface area (Å²) in [6.07, 6.45) is 5.20. The number of thiophene rings is 1. The molecule has 2 unspecified atom stereocenters. The Labute approximate surface area is 128 Å². The Morgan fingerprint density at radius 2 is 2.05 bits per heavy atom. The van der Waals surface area contributed by atoms with E-state index in [-0.39, 0.29) is 12.1 Å². The van der Waals surface area contributed by atoms with Gasteiger partial charge in [-0.25, -0.2) is 0 Å². The first-order valence-corrected chi connectivity index (χ1v) is 8.70. The van der Waals surface area contributed by atoms with E-state index in [0.29, 0.717) is 11.5 Å². The van der Waals surface area contributed by atoms with Crippen molar-refractivity contribution in [1.82, 2.24) is 0 Å². The molecule has 2 rings (SSSR count). The summed E-state index contributed by atoms with van der Waals surface area (Å²) in [5.41, 5.74) is 6.60. The summed E-state index contributed by atoms with van der Waals surface area (Å²) in [5.74, 6) is 0. The van der Waals surface area contributed by atoms with Crippen molar-refractivity contribution in [3.8, 4) is 0 Å². The van der Waals surface area contributed by atoms with Crippen LogP contribution in [0.25, 0.3) is 0 Å². The summed E-state index contributed by atoms with van der Waals surface area (Å²) in [6, 6.07) is 2.16. The van der Waals surface area contributed by atoms with Crippen LogP contribution in [0.15, 0.2) is 15.9 Å². The van der Waals surface area contributed by atoms with Crippen molar-refractivity contribution in [3.05, 3.63) is 20.8 Å². The maximum atomic E-state index is 6.31. The average molecular weight is 346 g/mol. The molecule has 1 fully saturated rings. The van der Waals surface area contributed by atoms with Gasteiger partial charge in [0.2, 0.25) is 0 Å². The lowest BCUT2D eigenvalue weighted by Gasteiger charge is -2.36. The van der Waals surface area contributed by atoms with Gasteiger partial charge < -0.3 is 10.5 Å². The number of nitrogens with two attached hydrogens (primary N) is 1. The SMILES string of the molecule is CC(N)C(OC1CCC(C)(C)CC1)c1cc(Br)cs1. The van der Waals surface area contributed by atoms with Gasteiger partial charge in [-0.2, -0.15) is 0 Å². The zero-order valence-electron chi connectivity index (χ0n) is 12.0. The fourth-order valence-corrected chi connectivity index (χ4v) is 4.24. The zero-order valence-corrected chi connectivity index (χ0v) is 14.4. The van der Waals surface area contributed by atoms with Gasteiger partial charge in [-0.3, -0.25) is 0 Å². The molecule has 2 N–H and O–H groups in total. The number of hydrogen-bond donors (Lipinski definition) is 1. The van der Waals surface area contributed by atoms with E-state index in [1.54, 1.807) is 11.3 Å². The predicted octanol–water partition coefficient (Wildman–Crippen LogP) is 4.88. The number of rotatable bonds is 4. The van der Waals surface area contributed by atoms with Crippen molar-refractivity contribution in [2.24, 2.45) is 11.1 Å². The molecule has 1 aliphatic carbocycles. The summed E-state index contributed by atoms with van der Waals surface area (Å²) in [5, 5.41) is 2.10. The Balaban J connectivity index is 1.98. The second-order valence-electron chi connectivity index (χ2n) is 6.45. The molecule has 0 aromatic carbocycles. The van der Waals surface area contributed by atoms with E-state index < -0.39 is 0 Å². The fourth-order valence-electron chi connectivity index (χ4n) is 2.64. The van der Waals surface area contributed by atoms with Crippen LogP contribution >= 0.6 is 27.3 Å². The van der Waals surface area contributed by atoms with Crippen LogP contribution in [0.2, 0.25) is 0 Å². The Kier molecular flexibility index (Phi) is 5.09. The van der Waals surface area contributed by atoms with Crippen LogP contribution < -0.4 is 5.73 Å². The Morgan fingerprint density at radius 3 is 2.53 bits per heavy atom. The molecule has 0 aliphatic heterocycles. The van der Waals surface area contributed by atoms with E-state index in [0.717, 1.165) is 17.3 Å².